The number of hydrogen-bond acceptors (Lipinski definition) is 3. The number of fused-ring (bicyclic) bond motifs is 1. The molecule has 6 heteroatoms. The van der Waals surface area contributed by atoms with Crippen molar-refractivity contribution in [2.24, 2.45) is 5.92 Å². The Kier molecular flexibility index (Phi) is 5.53. The number of nitrogens with zero attached hydrogens (tertiary/aromatic N) is 2. The van der Waals surface area contributed by atoms with Gasteiger partial charge in [-0.2, -0.15) is 0 Å². The maximum atomic E-state index is 13.2. The molecule has 1 fully saturated rings. The zero-order valence-electron chi connectivity index (χ0n) is 15.6. The molecule has 4 rings (SSSR count). The second-order valence-corrected chi connectivity index (χ2v) is 7.93. The summed E-state index contributed by atoms with van der Waals surface area (Å²) in [5.74, 6) is 0.884. The molecule has 146 valence electrons. The summed E-state index contributed by atoms with van der Waals surface area (Å²) in [6, 6.07) is 10.3. The highest BCUT2D eigenvalue weighted by molar-refractivity contribution is 6.35. The molecular formula is C22H24ClN3O2. The second-order valence-electron chi connectivity index (χ2n) is 7.52. The van der Waals surface area contributed by atoms with Crippen LogP contribution in [0.25, 0.3) is 10.8 Å². The van der Waals surface area contributed by atoms with Crippen LogP contribution in [-0.4, -0.2) is 20.6 Å². The summed E-state index contributed by atoms with van der Waals surface area (Å²) in [5, 5.41) is 15.7. The molecule has 3 aromatic rings. The van der Waals surface area contributed by atoms with Gasteiger partial charge in [0.05, 0.1) is 5.02 Å². The third kappa shape index (κ3) is 3.85. The van der Waals surface area contributed by atoms with Crippen LogP contribution in [0, 0.1) is 5.92 Å². The van der Waals surface area contributed by atoms with E-state index in [1.54, 1.807) is 35.2 Å². The molecular weight excluding hydrogens is 374 g/mol. The van der Waals surface area contributed by atoms with E-state index in [-0.39, 0.29) is 11.8 Å². The molecule has 0 bridgehead atoms. The van der Waals surface area contributed by atoms with Crippen molar-refractivity contribution < 1.29 is 9.90 Å². The Labute approximate surface area is 169 Å². The number of carbonyl (C=O) groups excluding carboxylic acids is 1. The highest BCUT2D eigenvalue weighted by Crippen LogP contribution is 2.38. The van der Waals surface area contributed by atoms with E-state index in [0.29, 0.717) is 28.6 Å². The summed E-state index contributed by atoms with van der Waals surface area (Å²) >= 11 is 6.31. The molecule has 28 heavy (non-hydrogen) atoms. The van der Waals surface area contributed by atoms with Crippen LogP contribution in [0.2, 0.25) is 5.02 Å². The Morgan fingerprint density at radius 1 is 1.18 bits per heavy atom. The number of aromatic hydroxyl groups is 1. The molecule has 1 atom stereocenters. The number of amides is 1. The lowest BCUT2D eigenvalue weighted by atomic mass is 9.84. The summed E-state index contributed by atoms with van der Waals surface area (Å²) in [4.78, 5) is 17.4. The minimum Gasteiger partial charge on any atom is -0.494 e. The summed E-state index contributed by atoms with van der Waals surface area (Å²) in [6.45, 7) is 0. The summed E-state index contributed by atoms with van der Waals surface area (Å²) in [7, 11) is 0. The maximum absolute atomic E-state index is 13.2. The SMILES string of the molecule is O=C(Nc1ccccn1)[C@H](CC1CCCCC1)n1cc2c(Cl)cccc2c1O. The van der Waals surface area contributed by atoms with Crippen molar-refractivity contribution >= 4 is 34.1 Å². The Bertz CT molecular complexity index is 965. The topological polar surface area (TPSA) is 67.2 Å². The molecule has 1 aliphatic rings. The van der Waals surface area contributed by atoms with E-state index in [4.69, 9.17) is 11.6 Å². The van der Waals surface area contributed by atoms with Gasteiger partial charge in [-0.05, 0) is 36.6 Å². The van der Waals surface area contributed by atoms with E-state index in [9.17, 15) is 9.90 Å². The molecule has 2 heterocycles. The van der Waals surface area contributed by atoms with Gasteiger partial charge < -0.3 is 15.0 Å². The Morgan fingerprint density at radius 2 is 2.00 bits per heavy atom. The van der Waals surface area contributed by atoms with E-state index in [0.717, 1.165) is 18.2 Å². The van der Waals surface area contributed by atoms with Gasteiger partial charge in [0, 0.05) is 23.2 Å². The third-order valence-electron chi connectivity index (χ3n) is 5.64. The zero-order valence-corrected chi connectivity index (χ0v) is 16.4. The second kappa shape index (κ2) is 8.23. The van der Waals surface area contributed by atoms with Crippen LogP contribution in [0.1, 0.15) is 44.6 Å². The van der Waals surface area contributed by atoms with Gasteiger partial charge in [-0.1, -0.05) is 55.8 Å². The average molecular weight is 398 g/mol. The van der Waals surface area contributed by atoms with Crippen LogP contribution in [0.5, 0.6) is 5.88 Å². The van der Waals surface area contributed by atoms with Crippen molar-refractivity contribution in [1.82, 2.24) is 9.55 Å². The Balaban J connectivity index is 1.69. The fourth-order valence-electron chi connectivity index (χ4n) is 4.17. The molecule has 0 saturated heterocycles. The van der Waals surface area contributed by atoms with Gasteiger partial charge in [-0.15, -0.1) is 0 Å². The first-order valence-electron chi connectivity index (χ1n) is 9.83. The van der Waals surface area contributed by atoms with Crippen LogP contribution in [0.4, 0.5) is 5.82 Å². The molecule has 2 aromatic heterocycles. The fourth-order valence-corrected chi connectivity index (χ4v) is 4.40. The molecule has 2 N–H and O–H groups in total. The van der Waals surface area contributed by atoms with Crippen LogP contribution < -0.4 is 5.32 Å². The van der Waals surface area contributed by atoms with E-state index in [2.05, 4.69) is 10.3 Å². The number of nitrogens with one attached hydrogen (secondary N) is 1. The van der Waals surface area contributed by atoms with Crippen LogP contribution >= 0.6 is 11.6 Å². The van der Waals surface area contributed by atoms with Gasteiger partial charge in [-0.3, -0.25) is 4.79 Å². The summed E-state index contributed by atoms with van der Waals surface area (Å²) in [5.41, 5.74) is 0. The number of benzene rings is 1. The molecule has 1 saturated carbocycles. The summed E-state index contributed by atoms with van der Waals surface area (Å²) in [6.07, 6.45) is 10.0. The standard InChI is InChI=1S/C22H24ClN3O2/c23-18-10-6-9-16-17(18)14-26(22(16)28)19(13-15-7-2-1-3-8-15)21(27)25-20-11-4-5-12-24-20/h4-6,9-12,14-15,19,28H,1-3,7-8,13H2,(H,24,25,27)/t19-/m0/s1. The highest BCUT2D eigenvalue weighted by atomic mass is 35.5. The summed E-state index contributed by atoms with van der Waals surface area (Å²) < 4.78 is 1.67. The van der Waals surface area contributed by atoms with Crippen molar-refractivity contribution in [3.8, 4) is 5.88 Å². The van der Waals surface area contributed by atoms with E-state index >= 15 is 0 Å². The van der Waals surface area contributed by atoms with Crippen LogP contribution in [0.15, 0.2) is 48.8 Å². The number of rotatable bonds is 5. The van der Waals surface area contributed by atoms with Crippen molar-refractivity contribution in [2.45, 2.75) is 44.6 Å². The molecule has 0 radical (unpaired) electrons. The Morgan fingerprint density at radius 3 is 2.71 bits per heavy atom. The van der Waals surface area contributed by atoms with Gasteiger partial charge in [0.25, 0.3) is 0 Å². The van der Waals surface area contributed by atoms with Gasteiger partial charge in [0.15, 0.2) is 5.88 Å². The first kappa shape index (κ1) is 18.8. The molecule has 1 aromatic carbocycles. The predicted octanol–water partition coefficient (Wildman–Crippen LogP) is 5.55. The van der Waals surface area contributed by atoms with Crippen molar-refractivity contribution in [1.29, 1.82) is 0 Å². The van der Waals surface area contributed by atoms with E-state index in [1.165, 1.54) is 19.3 Å². The highest BCUT2D eigenvalue weighted by Gasteiger charge is 2.28. The van der Waals surface area contributed by atoms with Gasteiger partial charge >= 0.3 is 0 Å². The minimum absolute atomic E-state index is 0.0782. The lowest BCUT2D eigenvalue weighted by molar-refractivity contribution is -0.120. The Hall–Kier alpha value is -2.53. The first-order valence-corrected chi connectivity index (χ1v) is 10.2. The van der Waals surface area contributed by atoms with Gasteiger partial charge in [0.2, 0.25) is 5.91 Å². The third-order valence-corrected chi connectivity index (χ3v) is 5.97. The quantitative estimate of drug-likeness (QED) is 0.593. The number of pyridine rings is 1. The molecule has 1 amide bonds. The lowest BCUT2D eigenvalue weighted by Crippen LogP contribution is -2.28. The first-order chi connectivity index (χ1) is 13.6. The number of aromatic nitrogens is 2. The zero-order chi connectivity index (χ0) is 19.5. The molecule has 5 nitrogen and oxygen atoms in total. The predicted molar refractivity (Wildman–Crippen MR) is 112 cm³/mol. The maximum Gasteiger partial charge on any atom is 0.248 e. The molecule has 0 aliphatic heterocycles. The number of hydrogen-bond donors (Lipinski definition) is 2. The van der Waals surface area contributed by atoms with Crippen LogP contribution in [0.3, 0.4) is 0 Å². The number of carbonyl (C=O) groups is 1. The van der Waals surface area contributed by atoms with E-state index < -0.39 is 6.04 Å². The van der Waals surface area contributed by atoms with Gasteiger partial charge in [0.1, 0.15) is 11.9 Å². The number of anilines is 1. The van der Waals surface area contributed by atoms with Gasteiger partial charge in [-0.25, -0.2) is 4.98 Å². The van der Waals surface area contributed by atoms with Crippen LogP contribution in [-0.2, 0) is 4.79 Å². The molecule has 0 unspecified atom stereocenters. The minimum atomic E-state index is -0.520. The average Bonchev–Trinajstić information content (AvgIpc) is 3.05. The smallest absolute Gasteiger partial charge is 0.248 e. The fraction of sp³-hybridized carbons (Fsp3) is 0.364. The van der Waals surface area contributed by atoms with Crippen molar-refractivity contribution in [3.05, 3.63) is 53.8 Å². The molecule has 1 aliphatic carbocycles. The lowest BCUT2D eigenvalue weighted by Gasteiger charge is -2.27. The number of halogens is 1. The normalized spacial score (nSPS) is 16.2. The van der Waals surface area contributed by atoms with Crippen molar-refractivity contribution in [2.75, 3.05) is 5.32 Å². The van der Waals surface area contributed by atoms with E-state index in [1.807, 2.05) is 18.2 Å². The van der Waals surface area contributed by atoms with Crippen molar-refractivity contribution in [3.63, 3.8) is 0 Å². The monoisotopic (exact) mass is 397 g/mol. The largest absolute Gasteiger partial charge is 0.494 e. The molecule has 0 spiro atoms.